The van der Waals surface area contributed by atoms with Crippen LogP contribution in [0.5, 0.6) is 0 Å². The van der Waals surface area contributed by atoms with Crippen molar-refractivity contribution in [1.29, 1.82) is 0 Å². The van der Waals surface area contributed by atoms with Gasteiger partial charge in [0.2, 0.25) is 11.8 Å². The first-order valence-corrected chi connectivity index (χ1v) is 15.4. The monoisotopic (exact) mass is 623 g/mol. The molecule has 3 aromatic carbocycles. The van der Waals surface area contributed by atoms with Gasteiger partial charge >= 0.3 is 0 Å². The molecule has 0 saturated carbocycles. The zero-order valence-electron chi connectivity index (χ0n) is 22.5. The molecular weight excluding hydrogens is 593 g/mol. The smallest absolute Gasteiger partial charge is 0.264 e. The summed E-state index contributed by atoms with van der Waals surface area (Å²) in [6.07, 6.45) is 1.67. The van der Waals surface area contributed by atoms with E-state index in [1.807, 2.05) is 6.92 Å². The number of hydrogen-bond acceptors (Lipinski definition) is 4. The molecule has 7 nitrogen and oxygen atoms in total. The van der Waals surface area contributed by atoms with E-state index in [0.29, 0.717) is 38.4 Å². The van der Waals surface area contributed by atoms with E-state index in [0.717, 1.165) is 17.1 Å². The molecule has 0 spiro atoms. The number of aryl methyl sites for hydroxylation is 1. The van der Waals surface area contributed by atoms with Crippen LogP contribution >= 0.6 is 34.8 Å². The molecule has 3 rings (SSSR count). The maximum atomic E-state index is 14.0. The number of carbonyl (C=O) groups excluding carboxylic acids is 2. The Hall–Kier alpha value is -2.78. The number of amides is 2. The van der Waals surface area contributed by atoms with Gasteiger partial charge in [0.1, 0.15) is 12.6 Å². The second-order valence-corrected chi connectivity index (χ2v) is 12.4. The van der Waals surface area contributed by atoms with Gasteiger partial charge in [-0.3, -0.25) is 13.9 Å². The summed E-state index contributed by atoms with van der Waals surface area (Å²) in [7, 11) is -4.20. The summed E-state index contributed by atoms with van der Waals surface area (Å²) in [5, 5.41) is 3.88. The second kappa shape index (κ2) is 14.2. The average Bonchev–Trinajstić information content (AvgIpc) is 2.92. The minimum Gasteiger partial charge on any atom is -0.354 e. The number of nitrogens with zero attached hydrogens (tertiary/aromatic N) is 2. The lowest BCUT2D eigenvalue weighted by Crippen LogP contribution is -2.51. The first-order chi connectivity index (χ1) is 19.0. The Balaban J connectivity index is 2.05. The van der Waals surface area contributed by atoms with Crippen LogP contribution in [-0.4, -0.2) is 44.3 Å². The average molecular weight is 625 g/mol. The number of unbranched alkanes of at least 4 members (excludes halogenated alkanes) is 1. The lowest BCUT2D eigenvalue weighted by atomic mass is 10.1. The topological polar surface area (TPSA) is 86.8 Å². The zero-order chi connectivity index (χ0) is 29.4. The summed E-state index contributed by atoms with van der Waals surface area (Å²) < 4.78 is 28.8. The van der Waals surface area contributed by atoms with Gasteiger partial charge in [-0.15, -0.1) is 0 Å². The molecule has 0 heterocycles. The van der Waals surface area contributed by atoms with E-state index in [4.69, 9.17) is 34.8 Å². The molecule has 2 amide bonds. The van der Waals surface area contributed by atoms with Gasteiger partial charge in [0.05, 0.1) is 10.6 Å². The number of sulfonamides is 1. The molecule has 1 atom stereocenters. The number of carbonyl (C=O) groups is 2. The third-order valence-electron chi connectivity index (χ3n) is 6.45. The predicted octanol–water partition coefficient (Wildman–Crippen LogP) is 6.48. The Morgan fingerprint density at radius 1 is 0.925 bits per heavy atom. The fourth-order valence-electron chi connectivity index (χ4n) is 4.06. The summed E-state index contributed by atoms with van der Waals surface area (Å²) >= 11 is 18.8. The molecule has 0 aliphatic heterocycles. The quantitative estimate of drug-likeness (QED) is 0.234. The van der Waals surface area contributed by atoms with Crippen LogP contribution in [0.4, 0.5) is 5.69 Å². The normalized spacial score (nSPS) is 12.1. The van der Waals surface area contributed by atoms with E-state index in [-0.39, 0.29) is 17.3 Å². The van der Waals surface area contributed by atoms with Gasteiger partial charge in [0, 0.05) is 33.7 Å². The van der Waals surface area contributed by atoms with Crippen LogP contribution < -0.4 is 9.62 Å². The van der Waals surface area contributed by atoms with Crippen LogP contribution in [0, 0.1) is 6.92 Å². The molecular formula is C29H32Cl3N3O4S. The molecule has 214 valence electrons. The molecule has 1 unspecified atom stereocenters. The molecule has 0 fully saturated rings. The molecule has 40 heavy (non-hydrogen) atoms. The van der Waals surface area contributed by atoms with Gasteiger partial charge in [-0.2, -0.15) is 0 Å². The molecule has 0 saturated heterocycles. The van der Waals surface area contributed by atoms with Crippen molar-refractivity contribution in [3.63, 3.8) is 0 Å². The van der Waals surface area contributed by atoms with Crippen molar-refractivity contribution < 1.29 is 18.0 Å². The summed E-state index contributed by atoms with van der Waals surface area (Å²) in [6.45, 7) is 5.15. The van der Waals surface area contributed by atoms with Crippen molar-refractivity contribution in [2.24, 2.45) is 0 Å². The minimum absolute atomic E-state index is 0.0287. The molecule has 11 heteroatoms. The van der Waals surface area contributed by atoms with Crippen LogP contribution in [0.25, 0.3) is 0 Å². The highest BCUT2D eigenvalue weighted by Gasteiger charge is 2.33. The van der Waals surface area contributed by atoms with Crippen LogP contribution in [0.2, 0.25) is 15.1 Å². The predicted molar refractivity (Wildman–Crippen MR) is 162 cm³/mol. The zero-order valence-corrected chi connectivity index (χ0v) is 25.6. The van der Waals surface area contributed by atoms with E-state index in [1.165, 1.54) is 29.2 Å². The van der Waals surface area contributed by atoms with Crippen LogP contribution in [0.1, 0.15) is 37.8 Å². The standard InChI is InChI=1S/C29H32Cl3N3O4S/c1-4-5-17-33-29(37)21(3)34(18-24-25(31)10-8-11-26(24)32)28(36)19-35(27-12-7-6-9-20(27)2)40(38,39)23-15-13-22(30)14-16-23/h6-16,21H,4-5,17-19H2,1-3H3,(H,33,37). The van der Waals surface area contributed by atoms with Crippen molar-refractivity contribution in [3.05, 3.63) is 92.9 Å². The Morgan fingerprint density at radius 2 is 1.55 bits per heavy atom. The first-order valence-electron chi connectivity index (χ1n) is 12.8. The third-order valence-corrected chi connectivity index (χ3v) is 9.19. The van der Waals surface area contributed by atoms with Crippen molar-refractivity contribution >= 4 is 62.3 Å². The second-order valence-electron chi connectivity index (χ2n) is 9.29. The van der Waals surface area contributed by atoms with E-state index in [9.17, 15) is 18.0 Å². The number of para-hydroxylation sites is 1. The van der Waals surface area contributed by atoms with Crippen molar-refractivity contribution in [3.8, 4) is 0 Å². The summed E-state index contributed by atoms with van der Waals surface area (Å²) in [5.41, 5.74) is 1.44. The molecule has 0 radical (unpaired) electrons. The molecule has 0 aliphatic rings. The number of nitrogens with one attached hydrogen (secondary N) is 1. The molecule has 3 aromatic rings. The molecule has 0 aromatic heterocycles. The Morgan fingerprint density at radius 3 is 2.15 bits per heavy atom. The Kier molecular flexibility index (Phi) is 11.3. The molecule has 0 bridgehead atoms. The minimum atomic E-state index is -4.20. The lowest BCUT2D eigenvalue weighted by molar-refractivity contribution is -0.139. The maximum absolute atomic E-state index is 14.0. The van der Waals surface area contributed by atoms with E-state index in [1.54, 1.807) is 56.3 Å². The summed E-state index contributed by atoms with van der Waals surface area (Å²) in [4.78, 5) is 28.3. The number of hydrogen-bond donors (Lipinski definition) is 1. The molecule has 0 aliphatic carbocycles. The lowest BCUT2D eigenvalue weighted by Gasteiger charge is -2.32. The van der Waals surface area contributed by atoms with E-state index in [2.05, 4.69) is 5.32 Å². The fourth-order valence-corrected chi connectivity index (χ4v) is 6.18. The van der Waals surface area contributed by atoms with Gasteiger partial charge in [-0.05, 0) is 68.3 Å². The van der Waals surface area contributed by atoms with Crippen LogP contribution in [-0.2, 0) is 26.2 Å². The van der Waals surface area contributed by atoms with Gasteiger partial charge in [0.15, 0.2) is 0 Å². The SMILES string of the molecule is CCCCNC(=O)C(C)N(Cc1c(Cl)cccc1Cl)C(=O)CN(c1ccccc1C)S(=O)(=O)c1ccc(Cl)cc1. The fraction of sp³-hybridized carbons (Fsp3) is 0.310. The first kappa shape index (κ1) is 31.7. The molecule has 1 N–H and O–H groups in total. The summed E-state index contributed by atoms with van der Waals surface area (Å²) in [5.74, 6) is -0.970. The number of halogens is 3. The maximum Gasteiger partial charge on any atom is 0.264 e. The van der Waals surface area contributed by atoms with Crippen molar-refractivity contribution in [2.75, 3.05) is 17.4 Å². The van der Waals surface area contributed by atoms with Crippen molar-refractivity contribution in [1.82, 2.24) is 10.2 Å². The third kappa shape index (κ3) is 7.69. The summed E-state index contributed by atoms with van der Waals surface area (Å²) in [6, 6.07) is 16.6. The van der Waals surface area contributed by atoms with Crippen LogP contribution in [0.3, 0.4) is 0 Å². The van der Waals surface area contributed by atoms with Gasteiger partial charge < -0.3 is 10.2 Å². The Labute approximate surface area is 251 Å². The van der Waals surface area contributed by atoms with Crippen molar-refractivity contribution in [2.45, 2.75) is 51.1 Å². The highest BCUT2D eigenvalue weighted by Crippen LogP contribution is 2.30. The van der Waals surface area contributed by atoms with E-state index >= 15 is 0 Å². The number of anilines is 1. The highest BCUT2D eigenvalue weighted by molar-refractivity contribution is 7.92. The number of benzene rings is 3. The van der Waals surface area contributed by atoms with Gasteiger partial charge in [-0.25, -0.2) is 8.42 Å². The van der Waals surface area contributed by atoms with E-state index < -0.39 is 28.5 Å². The largest absolute Gasteiger partial charge is 0.354 e. The van der Waals surface area contributed by atoms with Gasteiger partial charge in [-0.1, -0.05) is 72.4 Å². The Bertz CT molecular complexity index is 1430. The number of rotatable bonds is 12. The van der Waals surface area contributed by atoms with Crippen LogP contribution in [0.15, 0.2) is 71.6 Å². The highest BCUT2D eigenvalue weighted by atomic mass is 35.5. The van der Waals surface area contributed by atoms with Gasteiger partial charge in [0.25, 0.3) is 10.0 Å².